The van der Waals surface area contributed by atoms with Gasteiger partial charge < -0.3 is 5.32 Å². The average Bonchev–Trinajstić information content (AvgIpc) is 2.18. The summed E-state index contributed by atoms with van der Waals surface area (Å²) in [6.07, 6.45) is -5.19. The second kappa shape index (κ2) is 4.91. The van der Waals surface area contributed by atoms with Crippen molar-refractivity contribution in [1.82, 2.24) is 4.98 Å². The number of carbonyl (C=O) groups excluding carboxylic acids is 1. The zero-order chi connectivity index (χ0) is 12.2. The maximum absolute atomic E-state index is 12.4. The van der Waals surface area contributed by atoms with Crippen molar-refractivity contribution in [2.24, 2.45) is 0 Å². The quantitative estimate of drug-likeness (QED) is 0.647. The molecule has 0 aromatic carbocycles. The van der Waals surface area contributed by atoms with Crippen molar-refractivity contribution in [3.8, 4) is 0 Å². The van der Waals surface area contributed by atoms with Crippen LogP contribution < -0.4 is 5.32 Å². The first-order valence-corrected chi connectivity index (χ1v) is 4.35. The van der Waals surface area contributed by atoms with Crippen LogP contribution in [0.2, 0.25) is 0 Å². The van der Waals surface area contributed by atoms with Gasteiger partial charge in [0.15, 0.2) is 0 Å². The molecule has 1 aromatic heterocycles. The van der Waals surface area contributed by atoms with Crippen LogP contribution in [0.1, 0.15) is 12.8 Å². The molecule has 1 N–H and O–H groups in total. The number of anilines is 1. The van der Waals surface area contributed by atoms with Crippen molar-refractivity contribution >= 4 is 11.6 Å². The van der Waals surface area contributed by atoms with E-state index < -0.39 is 30.9 Å². The molecule has 1 amide bonds. The van der Waals surface area contributed by atoms with Crippen LogP contribution in [0, 0.1) is 5.95 Å². The van der Waals surface area contributed by atoms with Crippen LogP contribution in [-0.4, -0.2) is 17.1 Å². The molecule has 1 rings (SSSR count). The van der Waals surface area contributed by atoms with E-state index in [1.165, 1.54) is 6.07 Å². The fraction of sp³-hybridized carbons (Fsp3) is 0.333. The Morgan fingerprint density at radius 2 is 2.06 bits per heavy atom. The molecule has 0 aliphatic heterocycles. The molecule has 7 heteroatoms. The maximum atomic E-state index is 12.4. The largest absolute Gasteiger partial charge is 0.389 e. The predicted molar refractivity (Wildman–Crippen MR) is 48.1 cm³/mol. The Bertz CT molecular complexity index is 361. The van der Waals surface area contributed by atoms with Gasteiger partial charge in [-0.15, -0.1) is 0 Å². The van der Waals surface area contributed by atoms with Gasteiger partial charge in [-0.1, -0.05) is 0 Å². The van der Waals surface area contributed by atoms with Crippen LogP contribution in [-0.2, 0) is 4.79 Å². The van der Waals surface area contributed by atoms with Gasteiger partial charge in [0.1, 0.15) is 0 Å². The van der Waals surface area contributed by atoms with Crippen molar-refractivity contribution in [1.29, 1.82) is 0 Å². The Labute approximate surface area is 88.5 Å². The molecule has 16 heavy (non-hydrogen) atoms. The molecule has 1 aromatic rings. The monoisotopic (exact) mass is 236 g/mol. The van der Waals surface area contributed by atoms with E-state index in [0.717, 1.165) is 12.3 Å². The van der Waals surface area contributed by atoms with Crippen LogP contribution in [0.4, 0.5) is 23.2 Å². The smallest absolute Gasteiger partial charge is 0.325 e. The van der Waals surface area contributed by atoms with Crippen molar-refractivity contribution in [3.05, 3.63) is 24.3 Å². The van der Waals surface area contributed by atoms with E-state index in [1.807, 2.05) is 0 Å². The number of aromatic nitrogens is 1. The van der Waals surface area contributed by atoms with Crippen LogP contribution in [0.5, 0.6) is 0 Å². The Morgan fingerprint density at radius 3 is 2.56 bits per heavy atom. The molecule has 0 fully saturated rings. The van der Waals surface area contributed by atoms with Crippen molar-refractivity contribution in [2.45, 2.75) is 19.0 Å². The van der Waals surface area contributed by atoms with E-state index in [2.05, 4.69) is 10.3 Å². The number of alkyl halides is 3. The Kier molecular flexibility index (Phi) is 3.81. The number of carbonyl (C=O) groups is 1. The van der Waals surface area contributed by atoms with Crippen LogP contribution in [0.25, 0.3) is 0 Å². The summed E-state index contributed by atoms with van der Waals surface area (Å²) in [5.74, 6) is -1.51. The number of amides is 1. The molecule has 0 aliphatic carbocycles. The lowest BCUT2D eigenvalue weighted by Gasteiger charge is -2.06. The first-order chi connectivity index (χ1) is 7.37. The van der Waals surface area contributed by atoms with Crippen molar-refractivity contribution in [2.75, 3.05) is 5.32 Å². The van der Waals surface area contributed by atoms with Crippen LogP contribution in [0.3, 0.4) is 0 Å². The molecule has 0 spiro atoms. The maximum Gasteiger partial charge on any atom is 0.389 e. The van der Waals surface area contributed by atoms with Gasteiger partial charge in [-0.05, 0) is 12.1 Å². The number of halogens is 4. The number of nitrogens with zero attached hydrogens (tertiary/aromatic N) is 1. The van der Waals surface area contributed by atoms with Gasteiger partial charge in [-0.25, -0.2) is 4.98 Å². The minimum Gasteiger partial charge on any atom is -0.325 e. The highest BCUT2D eigenvalue weighted by Gasteiger charge is 2.27. The number of hydrogen-bond acceptors (Lipinski definition) is 2. The first kappa shape index (κ1) is 12.4. The minimum atomic E-state index is -4.36. The third kappa shape index (κ3) is 4.72. The second-order valence-electron chi connectivity index (χ2n) is 3.03. The van der Waals surface area contributed by atoms with E-state index in [9.17, 15) is 22.4 Å². The third-order valence-electron chi connectivity index (χ3n) is 1.65. The fourth-order valence-electron chi connectivity index (χ4n) is 0.929. The molecule has 0 unspecified atom stereocenters. The number of rotatable bonds is 3. The summed E-state index contributed by atoms with van der Waals surface area (Å²) >= 11 is 0. The Balaban J connectivity index is 2.43. The molecular formula is C9H8F4N2O. The van der Waals surface area contributed by atoms with E-state index in [0.29, 0.717) is 0 Å². The summed E-state index contributed by atoms with van der Waals surface area (Å²) in [6, 6.07) is 2.22. The molecule has 0 saturated heterocycles. The van der Waals surface area contributed by atoms with E-state index in [1.54, 1.807) is 0 Å². The zero-order valence-corrected chi connectivity index (χ0v) is 8.01. The molecule has 0 saturated carbocycles. The molecule has 0 aliphatic rings. The topological polar surface area (TPSA) is 42.0 Å². The molecule has 88 valence electrons. The van der Waals surface area contributed by atoms with Crippen molar-refractivity contribution in [3.63, 3.8) is 0 Å². The summed E-state index contributed by atoms with van der Waals surface area (Å²) < 4.78 is 47.7. The number of nitrogens with one attached hydrogen (secondary N) is 1. The minimum absolute atomic E-state index is 0.161. The van der Waals surface area contributed by atoms with Gasteiger partial charge in [-0.2, -0.15) is 17.6 Å². The number of hydrogen-bond donors (Lipinski definition) is 1. The first-order valence-electron chi connectivity index (χ1n) is 4.35. The van der Waals surface area contributed by atoms with Crippen LogP contribution >= 0.6 is 0 Å². The fourth-order valence-corrected chi connectivity index (χ4v) is 0.929. The summed E-state index contributed by atoms with van der Waals surface area (Å²) in [7, 11) is 0. The molecule has 0 atom stereocenters. The highest BCUT2D eigenvalue weighted by atomic mass is 19.4. The normalized spacial score (nSPS) is 11.2. The van der Waals surface area contributed by atoms with E-state index in [4.69, 9.17) is 0 Å². The van der Waals surface area contributed by atoms with E-state index >= 15 is 0 Å². The zero-order valence-electron chi connectivity index (χ0n) is 8.01. The lowest BCUT2D eigenvalue weighted by atomic mass is 10.3. The van der Waals surface area contributed by atoms with E-state index in [-0.39, 0.29) is 5.69 Å². The third-order valence-corrected chi connectivity index (χ3v) is 1.65. The van der Waals surface area contributed by atoms with Gasteiger partial charge in [-0.3, -0.25) is 4.79 Å². The molecule has 1 heterocycles. The lowest BCUT2D eigenvalue weighted by molar-refractivity contribution is -0.142. The van der Waals surface area contributed by atoms with Crippen LogP contribution in [0.15, 0.2) is 18.3 Å². The molecular weight excluding hydrogens is 228 g/mol. The summed E-state index contributed by atoms with van der Waals surface area (Å²) in [5, 5.41) is 2.17. The second-order valence-corrected chi connectivity index (χ2v) is 3.03. The average molecular weight is 236 g/mol. The van der Waals surface area contributed by atoms with Gasteiger partial charge in [0, 0.05) is 6.42 Å². The Hall–Kier alpha value is -1.66. The van der Waals surface area contributed by atoms with Gasteiger partial charge >= 0.3 is 6.18 Å². The van der Waals surface area contributed by atoms with Gasteiger partial charge in [0.2, 0.25) is 11.9 Å². The summed E-state index contributed by atoms with van der Waals surface area (Å²) in [4.78, 5) is 14.2. The molecule has 0 radical (unpaired) electrons. The lowest BCUT2D eigenvalue weighted by Crippen LogP contribution is -2.16. The summed E-state index contributed by atoms with van der Waals surface area (Å²) in [6.45, 7) is 0. The number of pyridine rings is 1. The summed E-state index contributed by atoms with van der Waals surface area (Å²) in [5.41, 5.74) is 0.161. The van der Waals surface area contributed by atoms with Gasteiger partial charge in [0.05, 0.1) is 18.3 Å². The SMILES string of the molecule is O=C(CCC(F)(F)F)Nc1ccc(F)nc1. The predicted octanol–water partition coefficient (Wildman–Crippen LogP) is 2.50. The molecule has 3 nitrogen and oxygen atoms in total. The molecule has 0 bridgehead atoms. The Morgan fingerprint density at radius 1 is 1.38 bits per heavy atom. The standard InChI is InChI=1S/C9H8F4N2O/c10-7-2-1-6(5-14-7)15-8(16)3-4-9(11,12)13/h1-2,5H,3-4H2,(H,15,16). The highest BCUT2D eigenvalue weighted by molar-refractivity contribution is 5.90. The van der Waals surface area contributed by atoms with Crippen molar-refractivity contribution < 1.29 is 22.4 Å². The van der Waals surface area contributed by atoms with Gasteiger partial charge in [0.25, 0.3) is 0 Å². The highest BCUT2D eigenvalue weighted by Crippen LogP contribution is 2.21.